The van der Waals surface area contributed by atoms with Crippen molar-refractivity contribution >= 4 is 19.8 Å². The van der Waals surface area contributed by atoms with E-state index in [0.29, 0.717) is 6.61 Å². The minimum absolute atomic E-state index is 0.0903. The Morgan fingerprint density at radius 2 is 1.79 bits per heavy atom. The molecule has 3 nitrogen and oxygen atoms in total. The topological polar surface area (TPSA) is 43.4 Å². The zero-order valence-corrected chi connectivity index (χ0v) is 10.6. The van der Waals surface area contributed by atoms with E-state index in [4.69, 9.17) is 4.74 Å². The lowest BCUT2D eigenvalue weighted by Crippen LogP contribution is -2.20. The summed E-state index contributed by atoms with van der Waals surface area (Å²) in [5.41, 5.74) is 0. The van der Waals surface area contributed by atoms with Gasteiger partial charge in [0.15, 0.2) is 0 Å². The van der Waals surface area contributed by atoms with Gasteiger partial charge in [0.2, 0.25) is 0 Å². The van der Waals surface area contributed by atoms with Crippen LogP contribution in [0, 0.1) is 0 Å². The van der Waals surface area contributed by atoms with E-state index >= 15 is 0 Å². The molecule has 0 rings (SSSR count). The third kappa shape index (κ3) is 9.44. The van der Waals surface area contributed by atoms with E-state index in [9.17, 15) is 9.59 Å². The lowest BCUT2D eigenvalue weighted by Gasteiger charge is -2.14. The number of Topliss-reactive ketones (excluding diaryl/α,β-unsaturated/α-hetero) is 1. The van der Waals surface area contributed by atoms with Gasteiger partial charge in [-0.05, 0) is 13.3 Å². The van der Waals surface area contributed by atoms with Crippen molar-refractivity contribution in [2.45, 2.75) is 45.5 Å². The van der Waals surface area contributed by atoms with Crippen LogP contribution < -0.4 is 0 Å². The standard InChI is InChI=1S/C10H20O3Si/c1-9(11)8-10(12)13-6-5-7-14(2,3)4/h5-8H2,1-4H3. The van der Waals surface area contributed by atoms with Crippen molar-refractivity contribution < 1.29 is 14.3 Å². The second-order valence-corrected chi connectivity index (χ2v) is 10.4. The second kappa shape index (κ2) is 5.96. The SMILES string of the molecule is CC(=O)CC(=O)OCCC[Si](C)(C)C. The van der Waals surface area contributed by atoms with Crippen LogP contribution in [-0.2, 0) is 14.3 Å². The molecular formula is C10H20O3Si. The van der Waals surface area contributed by atoms with Crippen LogP contribution >= 0.6 is 0 Å². The molecule has 4 heteroatoms. The van der Waals surface area contributed by atoms with Gasteiger partial charge in [0, 0.05) is 8.07 Å². The fourth-order valence-corrected chi connectivity index (χ4v) is 2.25. The van der Waals surface area contributed by atoms with Crippen LogP contribution in [-0.4, -0.2) is 26.4 Å². The molecule has 14 heavy (non-hydrogen) atoms. The van der Waals surface area contributed by atoms with Crippen LogP contribution in [0.15, 0.2) is 0 Å². The molecule has 0 unspecified atom stereocenters. The molecule has 0 aliphatic carbocycles. The lowest BCUT2D eigenvalue weighted by molar-refractivity contribution is -0.145. The van der Waals surface area contributed by atoms with Crippen LogP contribution in [0.25, 0.3) is 0 Å². The Labute approximate surface area is 86.8 Å². The smallest absolute Gasteiger partial charge is 0.313 e. The summed E-state index contributed by atoms with van der Waals surface area (Å²) in [5, 5.41) is 0. The summed E-state index contributed by atoms with van der Waals surface area (Å²) in [5.74, 6) is -0.534. The number of hydrogen-bond donors (Lipinski definition) is 0. The molecule has 0 aliphatic heterocycles. The van der Waals surface area contributed by atoms with Gasteiger partial charge in [-0.2, -0.15) is 0 Å². The normalized spacial score (nSPS) is 11.1. The fraction of sp³-hybridized carbons (Fsp3) is 0.800. The van der Waals surface area contributed by atoms with Crippen molar-refractivity contribution in [2.24, 2.45) is 0 Å². The number of carbonyl (C=O) groups is 2. The Hall–Kier alpha value is -0.643. The number of rotatable bonds is 6. The summed E-state index contributed by atoms with van der Waals surface area (Å²) >= 11 is 0. The maximum Gasteiger partial charge on any atom is 0.313 e. The van der Waals surface area contributed by atoms with Crippen molar-refractivity contribution in [1.29, 1.82) is 0 Å². The first-order valence-corrected chi connectivity index (χ1v) is 8.67. The average Bonchev–Trinajstić information content (AvgIpc) is 1.95. The van der Waals surface area contributed by atoms with Gasteiger partial charge >= 0.3 is 5.97 Å². The third-order valence-corrected chi connectivity index (χ3v) is 3.58. The Balaban J connectivity index is 3.46. The highest BCUT2D eigenvalue weighted by Gasteiger charge is 2.12. The summed E-state index contributed by atoms with van der Waals surface area (Å²) in [6.07, 6.45) is 0.826. The number of esters is 1. The molecule has 0 heterocycles. The maximum absolute atomic E-state index is 10.9. The molecule has 0 atom stereocenters. The van der Waals surface area contributed by atoms with Gasteiger partial charge in [-0.3, -0.25) is 9.59 Å². The van der Waals surface area contributed by atoms with Gasteiger partial charge in [-0.25, -0.2) is 0 Å². The number of ketones is 1. The van der Waals surface area contributed by atoms with Crippen molar-refractivity contribution in [1.82, 2.24) is 0 Å². The average molecular weight is 216 g/mol. The Morgan fingerprint density at radius 3 is 2.21 bits per heavy atom. The monoisotopic (exact) mass is 216 g/mol. The highest BCUT2D eigenvalue weighted by molar-refractivity contribution is 6.76. The van der Waals surface area contributed by atoms with E-state index in [0.717, 1.165) is 12.5 Å². The summed E-state index contributed by atoms with van der Waals surface area (Å²) in [6.45, 7) is 8.69. The summed E-state index contributed by atoms with van der Waals surface area (Å²) in [6, 6.07) is 1.15. The minimum Gasteiger partial charge on any atom is -0.465 e. The Bertz CT molecular complexity index is 206. The van der Waals surface area contributed by atoms with Crippen LogP contribution in [0.1, 0.15) is 19.8 Å². The Morgan fingerprint density at radius 1 is 1.21 bits per heavy atom. The van der Waals surface area contributed by atoms with Crippen molar-refractivity contribution in [3.63, 3.8) is 0 Å². The fourth-order valence-electron chi connectivity index (χ4n) is 1.04. The van der Waals surface area contributed by atoms with Gasteiger partial charge in [0.25, 0.3) is 0 Å². The van der Waals surface area contributed by atoms with Gasteiger partial charge in [0.1, 0.15) is 12.2 Å². The Kier molecular flexibility index (Phi) is 5.68. The molecule has 0 aromatic carbocycles. The first-order chi connectivity index (χ1) is 6.31. The van der Waals surface area contributed by atoms with Gasteiger partial charge in [-0.15, -0.1) is 0 Å². The molecule has 0 bridgehead atoms. The van der Waals surface area contributed by atoms with Crippen LogP contribution in [0.4, 0.5) is 0 Å². The highest BCUT2D eigenvalue weighted by atomic mass is 28.3. The van der Waals surface area contributed by atoms with Crippen LogP contribution in [0.2, 0.25) is 25.7 Å². The molecular weight excluding hydrogens is 196 g/mol. The van der Waals surface area contributed by atoms with E-state index in [1.54, 1.807) is 0 Å². The van der Waals surface area contributed by atoms with Crippen molar-refractivity contribution in [3.05, 3.63) is 0 Å². The summed E-state index contributed by atoms with van der Waals surface area (Å²) in [4.78, 5) is 21.5. The zero-order chi connectivity index (χ0) is 11.2. The highest BCUT2D eigenvalue weighted by Crippen LogP contribution is 2.10. The predicted molar refractivity (Wildman–Crippen MR) is 59.0 cm³/mol. The molecule has 0 aromatic heterocycles. The maximum atomic E-state index is 10.9. The van der Waals surface area contributed by atoms with Crippen molar-refractivity contribution in [3.8, 4) is 0 Å². The molecule has 82 valence electrons. The summed E-state index contributed by atoms with van der Waals surface area (Å²) in [7, 11) is -1.02. The van der Waals surface area contributed by atoms with Crippen molar-refractivity contribution in [2.75, 3.05) is 6.61 Å². The molecule has 0 saturated carbocycles. The number of hydrogen-bond acceptors (Lipinski definition) is 3. The third-order valence-electron chi connectivity index (χ3n) is 1.73. The largest absolute Gasteiger partial charge is 0.465 e. The van der Waals surface area contributed by atoms with E-state index in [1.165, 1.54) is 6.92 Å². The van der Waals surface area contributed by atoms with E-state index < -0.39 is 14.0 Å². The number of ether oxygens (including phenoxy) is 1. The first-order valence-electron chi connectivity index (χ1n) is 4.96. The summed E-state index contributed by atoms with van der Waals surface area (Å²) < 4.78 is 4.91. The molecule has 0 saturated heterocycles. The lowest BCUT2D eigenvalue weighted by atomic mass is 10.3. The molecule has 0 aliphatic rings. The molecule has 0 N–H and O–H groups in total. The van der Waals surface area contributed by atoms with Gasteiger partial charge < -0.3 is 4.74 Å². The van der Waals surface area contributed by atoms with E-state index in [2.05, 4.69) is 19.6 Å². The molecule has 0 spiro atoms. The molecule has 0 amide bonds. The van der Waals surface area contributed by atoms with E-state index in [1.807, 2.05) is 0 Å². The number of carbonyl (C=O) groups excluding carboxylic acids is 2. The van der Waals surface area contributed by atoms with Gasteiger partial charge in [-0.1, -0.05) is 25.7 Å². The van der Waals surface area contributed by atoms with Crippen LogP contribution in [0.5, 0.6) is 0 Å². The predicted octanol–water partition coefficient (Wildman–Crippen LogP) is 2.24. The quantitative estimate of drug-likeness (QED) is 0.296. The molecule has 0 aromatic rings. The first kappa shape index (κ1) is 13.4. The molecule has 0 fully saturated rings. The minimum atomic E-state index is -1.02. The zero-order valence-electron chi connectivity index (χ0n) is 9.55. The second-order valence-electron chi connectivity index (χ2n) is 4.76. The van der Waals surface area contributed by atoms with Gasteiger partial charge in [0.05, 0.1) is 6.61 Å². The van der Waals surface area contributed by atoms with E-state index in [-0.39, 0.29) is 12.2 Å². The molecule has 0 radical (unpaired) electrons. The van der Waals surface area contributed by atoms with Crippen LogP contribution in [0.3, 0.4) is 0 Å².